The van der Waals surface area contributed by atoms with Gasteiger partial charge in [-0.25, -0.2) is 27.8 Å². The Labute approximate surface area is 163 Å². The number of aromatic nitrogens is 3. The Morgan fingerprint density at radius 1 is 1.28 bits per heavy atom. The third kappa shape index (κ3) is 3.34. The molecule has 2 N–H and O–H groups in total. The SMILES string of the molecule is C[C@@H](N1NC(F)=C2C=C(F)C=CC21)[C@](O)(Cn1cncn1)c1ccc(F)cc1F. The summed E-state index contributed by atoms with van der Waals surface area (Å²) in [6.07, 6.45) is 6.24. The van der Waals surface area contributed by atoms with Gasteiger partial charge >= 0.3 is 0 Å². The fraction of sp³-hybridized carbons (Fsp3) is 0.263. The second-order valence-corrected chi connectivity index (χ2v) is 6.94. The van der Waals surface area contributed by atoms with Crippen LogP contribution in [0.2, 0.25) is 0 Å². The van der Waals surface area contributed by atoms with Gasteiger partial charge in [-0.15, -0.1) is 0 Å². The molecule has 2 heterocycles. The highest BCUT2D eigenvalue weighted by Crippen LogP contribution is 2.37. The summed E-state index contributed by atoms with van der Waals surface area (Å²) in [5.41, 5.74) is 0.373. The van der Waals surface area contributed by atoms with E-state index < -0.39 is 41.1 Å². The average molecular weight is 407 g/mol. The Bertz CT molecular complexity index is 1020. The Hall–Kier alpha value is -2.98. The fourth-order valence-electron chi connectivity index (χ4n) is 3.66. The van der Waals surface area contributed by atoms with Crippen molar-refractivity contribution in [3.63, 3.8) is 0 Å². The fourth-order valence-corrected chi connectivity index (χ4v) is 3.66. The van der Waals surface area contributed by atoms with Crippen molar-refractivity contribution in [1.82, 2.24) is 25.2 Å². The topological polar surface area (TPSA) is 66.2 Å². The van der Waals surface area contributed by atoms with Crippen LogP contribution in [0.4, 0.5) is 17.6 Å². The third-order valence-electron chi connectivity index (χ3n) is 5.21. The molecule has 0 saturated carbocycles. The van der Waals surface area contributed by atoms with Gasteiger partial charge in [-0.05, 0) is 25.1 Å². The lowest BCUT2D eigenvalue weighted by Crippen LogP contribution is -2.57. The summed E-state index contributed by atoms with van der Waals surface area (Å²) >= 11 is 0. The maximum atomic E-state index is 14.6. The minimum atomic E-state index is -1.97. The Morgan fingerprint density at radius 2 is 2.07 bits per heavy atom. The molecular formula is C19H17F4N5O. The molecule has 1 aromatic carbocycles. The highest BCUT2D eigenvalue weighted by Gasteiger charge is 2.47. The summed E-state index contributed by atoms with van der Waals surface area (Å²) in [6, 6.07) is 1.14. The van der Waals surface area contributed by atoms with Gasteiger partial charge in [0.2, 0.25) is 5.95 Å². The van der Waals surface area contributed by atoms with Crippen LogP contribution in [-0.2, 0) is 12.1 Å². The van der Waals surface area contributed by atoms with Crippen LogP contribution < -0.4 is 5.43 Å². The number of nitrogens with one attached hydrogen (secondary N) is 1. The summed E-state index contributed by atoms with van der Waals surface area (Å²) < 4.78 is 57.3. The number of allylic oxidation sites excluding steroid dienone is 2. The number of halogens is 4. The largest absolute Gasteiger partial charge is 0.381 e. The minimum Gasteiger partial charge on any atom is -0.381 e. The van der Waals surface area contributed by atoms with Gasteiger partial charge in [-0.3, -0.25) is 5.43 Å². The van der Waals surface area contributed by atoms with Crippen LogP contribution in [0, 0.1) is 11.6 Å². The lowest BCUT2D eigenvalue weighted by atomic mass is 9.85. The lowest BCUT2D eigenvalue weighted by Gasteiger charge is -2.41. The van der Waals surface area contributed by atoms with Gasteiger partial charge in [0.15, 0.2) is 0 Å². The van der Waals surface area contributed by atoms with Crippen LogP contribution >= 0.6 is 0 Å². The zero-order valence-corrected chi connectivity index (χ0v) is 15.2. The van der Waals surface area contributed by atoms with Crippen molar-refractivity contribution in [2.45, 2.75) is 31.2 Å². The molecule has 4 rings (SSSR count). The van der Waals surface area contributed by atoms with E-state index in [1.165, 1.54) is 34.5 Å². The zero-order valence-electron chi connectivity index (χ0n) is 15.2. The molecule has 3 atom stereocenters. The molecule has 0 saturated heterocycles. The van der Waals surface area contributed by atoms with Crippen LogP contribution in [0.15, 0.2) is 66.4 Å². The number of benzene rings is 1. The predicted octanol–water partition coefficient (Wildman–Crippen LogP) is 2.63. The maximum Gasteiger partial charge on any atom is 0.206 e. The van der Waals surface area contributed by atoms with E-state index in [1.807, 2.05) is 0 Å². The first-order valence-electron chi connectivity index (χ1n) is 8.80. The molecule has 152 valence electrons. The van der Waals surface area contributed by atoms with Gasteiger partial charge in [-0.2, -0.15) is 9.49 Å². The quantitative estimate of drug-likeness (QED) is 0.589. The normalized spacial score (nSPS) is 22.1. The van der Waals surface area contributed by atoms with Crippen molar-refractivity contribution in [3.8, 4) is 0 Å². The van der Waals surface area contributed by atoms with E-state index >= 15 is 0 Å². The lowest BCUT2D eigenvalue weighted by molar-refractivity contribution is -0.0772. The number of hydrazine groups is 1. The molecule has 1 unspecified atom stereocenters. The molecule has 6 nitrogen and oxygen atoms in total. The number of aliphatic hydroxyl groups is 1. The first kappa shape index (κ1) is 19.3. The molecule has 29 heavy (non-hydrogen) atoms. The van der Waals surface area contributed by atoms with Gasteiger partial charge in [0.1, 0.15) is 35.7 Å². The van der Waals surface area contributed by atoms with Crippen molar-refractivity contribution < 1.29 is 22.7 Å². The summed E-state index contributed by atoms with van der Waals surface area (Å²) in [4.78, 5) is 3.81. The summed E-state index contributed by atoms with van der Waals surface area (Å²) in [5.74, 6) is -3.14. The number of hydrogen-bond donors (Lipinski definition) is 2. The molecule has 10 heteroatoms. The van der Waals surface area contributed by atoms with Crippen molar-refractivity contribution in [3.05, 3.63) is 83.6 Å². The van der Waals surface area contributed by atoms with Gasteiger partial charge in [0.25, 0.3) is 0 Å². The molecule has 0 fully saturated rings. The number of fused-ring (bicyclic) bond motifs is 1. The molecule has 2 aliphatic rings. The van der Waals surface area contributed by atoms with E-state index in [-0.39, 0.29) is 17.7 Å². The standard InChI is InChI=1S/C19H17F4N5O/c1-11(28-17-5-3-12(20)6-14(17)18(23)26-28)19(29,8-27-10-24-9-25-27)15-4-2-13(21)7-16(15)22/h2-7,9-11,17,26,29H,8H2,1H3/t11-,17?,19-/m1/s1. The van der Waals surface area contributed by atoms with Crippen molar-refractivity contribution >= 4 is 0 Å². The molecular weight excluding hydrogens is 390 g/mol. The zero-order chi connectivity index (χ0) is 20.8. The van der Waals surface area contributed by atoms with E-state index in [0.29, 0.717) is 6.07 Å². The van der Waals surface area contributed by atoms with Crippen molar-refractivity contribution in [2.24, 2.45) is 0 Å². The van der Waals surface area contributed by atoms with E-state index in [4.69, 9.17) is 0 Å². The van der Waals surface area contributed by atoms with Crippen LogP contribution in [0.3, 0.4) is 0 Å². The second kappa shape index (κ2) is 7.12. The number of rotatable bonds is 5. The summed E-state index contributed by atoms with van der Waals surface area (Å²) in [5, 5.41) is 16.9. The average Bonchev–Trinajstić information content (AvgIpc) is 3.29. The van der Waals surface area contributed by atoms with E-state index in [9.17, 15) is 22.7 Å². The van der Waals surface area contributed by atoms with Gasteiger partial charge < -0.3 is 5.11 Å². The summed E-state index contributed by atoms with van der Waals surface area (Å²) in [6.45, 7) is 1.30. The van der Waals surface area contributed by atoms with Gasteiger partial charge in [0, 0.05) is 17.2 Å². The van der Waals surface area contributed by atoms with E-state index in [1.54, 1.807) is 6.92 Å². The highest BCUT2D eigenvalue weighted by molar-refractivity contribution is 5.43. The highest BCUT2D eigenvalue weighted by atomic mass is 19.1. The second-order valence-electron chi connectivity index (χ2n) is 6.94. The molecule has 0 radical (unpaired) electrons. The molecule has 1 aliphatic carbocycles. The van der Waals surface area contributed by atoms with Crippen LogP contribution in [0.1, 0.15) is 12.5 Å². The Morgan fingerprint density at radius 3 is 2.76 bits per heavy atom. The summed E-state index contributed by atoms with van der Waals surface area (Å²) in [7, 11) is 0. The van der Waals surface area contributed by atoms with Crippen molar-refractivity contribution in [1.29, 1.82) is 0 Å². The van der Waals surface area contributed by atoms with Crippen molar-refractivity contribution in [2.75, 3.05) is 0 Å². The van der Waals surface area contributed by atoms with Gasteiger partial charge in [0.05, 0.1) is 18.6 Å². The predicted molar refractivity (Wildman–Crippen MR) is 95.0 cm³/mol. The Balaban J connectivity index is 1.75. The van der Waals surface area contributed by atoms with E-state index in [2.05, 4.69) is 15.5 Å². The molecule has 1 aromatic heterocycles. The Kier molecular flexibility index (Phi) is 4.75. The molecule has 1 aliphatic heterocycles. The number of hydrogen-bond acceptors (Lipinski definition) is 5. The van der Waals surface area contributed by atoms with Crippen LogP contribution in [-0.4, -0.2) is 37.0 Å². The monoisotopic (exact) mass is 407 g/mol. The van der Waals surface area contributed by atoms with E-state index in [0.717, 1.165) is 18.2 Å². The maximum absolute atomic E-state index is 14.6. The van der Waals surface area contributed by atoms with Crippen LogP contribution in [0.25, 0.3) is 0 Å². The molecule has 2 aromatic rings. The number of nitrogens with zero attached hydrogens (tertiary/aromatic N) is 4. The smallest absolute Gasteiger partial charge is 0.206 e. The molecule has 0 amide bonds. The first-order chi connectivity index (χ1) is 13.8. The minimum absolute atomic E-state index is 0.0551. The molecule has 0 bridgehead atoms. The first-order valence-corrected chi connectivity index (χ1v) is 8.80. The van der Waals surface area contributed by atoms with Crippen LogP contribution in [0.5, 0.6) is 0 Å². The third-order valence-corrected chi connectivity index (χ3v) is 5.21. The molecule has 0 spiro atoms. The van der Waals surface area contributed by atoms with Gasteiger partial charge in [-0.1, -0.05) is 12.1 Å².